The number of hydrogen-bond donors (Lipinski definition) is 1. The van der Waals surface area contributed by atoms with Gasteiger partial charge in [0.15, 0.2) is 0 Å². The average Bonchev–Trinajstić information content (AvgIpc) is 3.05. The molecule has 1 amide bonds. The summed E-state index contributed by atoms with van der Waals surface area (Å²) in [6.45, 7) is 3.69. The van der Waals surface area contributed by atoms with Crippen LogP contribution in [0.15, 0.2) is 23.7 Å². The highest BCUT2D eigenvalue weighted by atomic mass is 32.1. The molecule has 0 radical (unpaired) electrons. The second kappa shape index (κ2) is 8.35. The lowest BCUT2D eigenvalue weighted by Gasteiger charge is -2.31. The Hall–Kier alpha value is -2.06. The molecule has 0 spiro atoms. The van der Waals surface area contributed by atoms with Crippen molar-refractivity contribution in [3.05, 3.63) is 35.0 Å². The van der Waals surface area contributed by atoms with Crippen molar-refractivity contribution < 1.29 is 13.9 Å². The van der Waals surface area contributed by atoms with E-state index in [4.69, 9.17) is 4.74 Å². The molecule has 0 saturated carbocycles. The molecule has 1 fully saturated rings. The van der Waals surface area contributed by atoms with Gasteiger partial charge in [-0.2, -0.15) is 4.37 Å². The van der Waals surface area contributed by atoms with Gasteiger partial charge in [-0.05, 0) is 37.4 Å². The van der Waals surface area contributed by atoms with Crippen LogP contribution in [0.3, 0.4) is 0 Å². The van der Waals surface area contributed by atoms with Gasteiger partial charge in [-0.15, -0.1) is 0 Å². The minimum Gasteiger partial charge on any atom is -0.474 e. The predicted molar refractivity (Wildman–Crippen MR) is 95.1 cm³/mol. The van der Waals surface area contributed by atoms with Crippen LogP contribution in [-0.2, 0) is 0 Å². The molecule has 134 valence electrons. The van der Waals surface area contributed by atoms with E-state index in [2.05, 4.69) is 19.6 Å². The van der Waals surface area contributed by atoms with E-state index in [1.54, 1.807) is 30.6 Å². The van der Waals surface area contributed by atoms with E-state index >= 15 is 0 Å². The van der Waals surface area contributed by atoms with Crippen LogP contribution in [0, 0.1) is 6.92 Å². The highest BCUT2D eigenvalue weighted by molar-refractivity contribution is 7.04. The molecule has 2 aromatic rings. The normalized spacial score (nSPS) is 15.9. The van der Waals surface area contributed by atoms with Gasteiger partial charge in [0.1, 0.15) is 12.8 Å². The fraction of sp³-hybridized carbons (Fsp3) is 0.471. The van der Waals surface area contributed by atoms with Gasteiger partial charge < -0.3 is 15.0 Å². The van der Waals surface area contributed by atoms with Crippen molar-refractivity contribution in [2.75, 3.05) is 31.6 Å². The molecule has 2 aromatic heterocycles. The summed E-state index contributed by atoms with van der Waals surface area (Å²) in [6.07, 6.45) is 3.42. The Morgan fingerprint density at radius 2 is 2.24 bits per heavy atom. The molecule has 0 bridgehead atoms. The summed E-state index contributed by atoms with van der Waals surface area (Å²) in [6, 6.07) is 3.52. The van der Waals surface area contributed by atoms with Gasteiger partial charge in [0, 0.05) is 31.1 Å². The molecule has 1 aliphatic heterocycles. The standard InChI is InChI=1S/C17H21FN4O2S/c1-12-15(11-25-21-12)17(23)20-13-2-3-16(19-10-13)24-14-4-7-22(8-5-14)9-6-18/h2-3,10-11,14H,4-9H2,1H3,(H,20,23). The predicted octanol–water partition coefficient (Wildman–Crippen LogP) is 2.91. The Labute approximate surface area is 150 Å². The first-order chi connectivity index (χ1) is 12.2. The van der Waals surface area contributed by atoms with Crippen LogP contribution in [0.25, 0.3) is 0 Å². The summed E-state index contributed by atoms with van der Waals surface area (Å²) in [5.41, 5.74) is 1.90. The number of amides is 1. The molecule has 25 heavy (non-hydrogen) atoms. The lowest BCUT2D eigenvalue weighted by molar-refractivity contribution is 0.0933. The average molecular weight is 364 g/mol. The highest BCUT2D eigenvalue weighted by Crippen LogP contribution is 2.19. The van der Waals surface area contributed by atoms with Gasteiger partial charge in [0.25, 0.3) is 5.91 Å². The van der Waals surface area contributed by atoms with E-state index in [1.807, 2.05) is 0 Å². The molecule has 0 aromatic carbocycles. The van der Waals surface area contributed by atoms with E-state index in [-0.39, 0.29) is 18.7 Å². The smallest absolute Gasteiger partial charge is 0.258 e. The number of rotatable bonds is 6. The van der Waals surface area contributed by atoms with Crippen molar-refractivity contribution >= 4 is 23.1 Å². The molecule has 0 atom stereocenters. The van der Waals surface area contributed by atoms with E-state index in [0.717, 1.165) is 31.6 Å². The van der Waals surface area contributed by atoms with Crippen molar-refractivity contribution in [2.45, 2.75) is 25.9 Å². The topological polar surface area (TPSA) is 67.3 Å². The van der Waals surface area contributed by atoms with Crippen LogP contribution < -0.4 is 10.1 Å². The molecule has 1 N–H and O–H groups in total. The van der Waals surface area contributed by atoms with Crippen molar-refractivity contribution in [1.29, 1.82) is 0 Å². The first-order valence-corrected chi connectivity index (χ1v) is 9.12. The molecule has 6 nitrogen and oxygen atoms in total. The fourth-order valence-corrected chi connectivity index (χ4v) is 3.47. The number of pyridine rings is 1. The van der Waals surface area contributed by atoms with Gasteiger partial charge >= 0.3 is 0 Å². The first kappa shape index (κ1) is 17.8. The third-order valence-electron chi connectivity index (χ3n) is 4.21. The summed E-state index contributed by atoms with van der Waals surface area (Å²) in [5, 5.41) is 4.53. The van der Waals surface area contributed by atoms with Crippen molar-refractivity contribution in [3.8, 4) is 5.88 Å². The molecule has 3 heterocycles. The maximum Gasteiger partial charge on any atom is 0.258 e. The van der Waals surface area contributed by atoms with Crippen molar-refractivity contribution in [2.24, 2.45) is 0 Å². The second-order valence-electron chi connectivity index (χ2n) is 6.00. The number of alkyl halides is 1. The van der Waals surface area contributed by atoms with Crippen LogP contribution in [0.5, 0.6) is 5.88 Å². The Morgan fingerprint density at radius 3 is 2.84 bits per heavy atom. The summed E-state index contributed by atoms with van der Waals surface area (Å²) in [7, 11) is 0. The molecule has 3 rings (SSSR count). The van der Waals surface area contributed by atoms with Gasteiger partial charge in [-0.1, -0.05) is 0 Å². The summed E-state index contributed by atoms with van der Waals surface area (Å²) in [5.74, 6) is 0.345. The summed E-state index contributed by atoms with van der Waals surface area (Å²) < 4.78 is 22.3. The van der Waals surface area contributed by atoms with Gasteiger partial charge in [0.2, 0.25) is 5.88 Å². The number of carbonyl (C=O) groups excluding carboxylic acids is 1. The number of piperidine rings is 1. The van der Waals surface area contributed by atoms with E-state index in [1.165, 1.54) is 11.5 Å². The number of aromatic nitrogens is 2. The largest absolute Gasteiger partial charge is 0.474 e. The van der Waals surface area contributed by atoms with E-state index < -0.39 is 0 Å². The number of halogens is 1. The zero-order valence-electron chi connectivity index (χ0n) is 14.1. The van der Waals surface area contributed by atoms with Crippen LogP contribution in [0.1, 0.15) is 28.9 Å². The van der Waals surface area contributed by atoms with Gasteiger partial charge in [-0.25, -0.2) is 9.37 Å². The monoisotopic (exact) mass is 364 g/mol. The number of likely N-dealkylation sites (tertiary alicyclic amines) is 1. The highest BCUT2D eigenvalue weighted by Gasteiger charge is 2.20. The number of nitrogens with zero attached hydrogens (tertiary/aromatic N) is 3. The third-order valence-corrected chi connectivity index (χ3v) is 4.93. The quantitative estimate of drug-likeness (QED) is 0.854. The van der Waals surface area contributed by atoms with Crippen molar-refractivity contribution in [3.63, 3.8) is 0 Å². The SMILES string of the molecule is Cc1nscc1C(=O)Nc1ccc(OC2CCN(CCF)CC2)nc1. The van der Waals surface area contributed by atoms with Gasteiger partial charge in [0.05, 0.1) is 23.1 Å². The molecule has 0 unspecified atom stereocenters. The van der Waals surface area contributed by atoms with E-state index in [0.29, 0.717) is 23.7 Å². The van der Waals surface area contributed by atoms with Crippen LogP contribution in [0.4, 0.5) is 10.1 Å². The zero-order chi connectivity index (χ0) is 17.6. The minimum atomic E-state index is -0.304. The number of nitrogens with one attached hydrogen (secondary N) is 1. The number of aryl methyl sites for hydroxylation is 1. The summed E-state index contributed by atoms with van der Waals surface area (Å²) in [4.78, 5) is 18.5. The van der Waals surface area contributed by atoms with Gasteiger partial charge in [-0.3, -0.25) is 4.79 Å². The zero-order valence-corrected chi connectivity index (χ0v) is 14.9. The van der Waals surface area contributed by atoms with Crippen LogP contribution in [-0.4, -0.2) is 52.6 Å². The number of anilines is 1. The maximum atomic E-state index is 12.3. The molecule has 8 heteroatoms. The number of ether oxygens (including phenoxy) is 1. The van der Waals surface area contributed by atoms with Crippen LogP contribution in [0.2, 0.25) is 0 Å². The Morgan fingerprint density at radius 1 is 1.44 bits per heavy atom. The Kier molecular flexibility index (Phi) is 5.93. The molecule has 1 aliphatic rings. The first-order valence-electron chi connectivity index (χ1n) is 8.29. The Bertz CT molecular complexity index is 699. The number of hydrogen-bond acceptors (Lipinski definition) is 6. The number of carbonyl (C=O) groups is 1. The van der Waals surface area contributed by atoms with Crippen LogP contribution >= 0.6 is 11.5 Å². The molecule has 0 aliphatic carbocycles. The molecular weight excluding hydrogens is 343 g/mol. The third kappa shape index (κ3) is 4.73. The second-order valence-corrected chi connectivity index (χ2v) is 6.63. The van der Waals surface area contributed by atoms with Crippen molar-refractivity contribution in [1.82, 2.24) is 14.3 Å². The Balaban J connectivity index is 1.51. The fourth-order valence-electron chi connectivity index (χ4n) is 2.77. The summed E-state index contributed by atoms with van der Waals surface area (Å²) >= 11 is 1.26. The maximum absolute atomic E-state index is 12.3. The van der Waals surface area contributed by atoms with E-state index in [9.17, 15) is 9.18 Å². The molecule has 1 saturated heterocycles. The minimum absolute atomic E-state index is 0.100. The lowest BCUT2D eigenvalue weighted by Crippen LogP contribution is -2.39. The lowest BCUT2D eigenvalue weighted by atomic mass is 10.1. The molecular formula is C17H21FN4O2S.